The van der Waals surface area contributed by atoms with Crippen LogP contribution in [0.25, 0.3) is 0 Å². The van der Waals surface area contributed by atoms with Gasteiger partial charge in [-0.15, -0.1) is 0 Å². The van der Waals surface area contributed by atoms with Crippen molar-refractivity contribution in [3.05, 3.63) is 11.8 Å². The third-order valence-corrected chi connectivity index (χ3v) is 2.19. The summed E-state index contributed by atoms with van der Waals surface area (Å²) in [6.45, 7) is 0. The summed E-state index contributed by atoms with van der Waals surface area (Å²) in [6.07, 6.45) is 7.12. The molecule has 0 bridgehead atoms. The van der Waals surface area contributed by atoms with Crippen molar-refractivity contribution in [2.75, 3.05) is 0 Å². The predicted molar refractivity (Wildman–Crippen MR) is 51.7 cm³/mol. The molecule has 0 radical (unpaired) electrons. The molecule has 0 fully saturated rings. The lowest BCUT2D eigenvalue weighted by molar-refractivity contribution is 0.696. The third kappa shape index (κ3) is 0.972. The predicted octanol–water partition coefficient (Wildman–Crippen LogP) is -0.236. The molecular weight excluding hydrogens is 166 g/mol. The van der Waals surface area contributed by atoms with Crippen molar-refractivity contribution >= 4 is 24.5 Å². The number of fused-ring (bicyclic) bond motifs is 2. The molecule has 64 valence electrons. The molecule has 0 aliphatic carbocycles. The number of rotatable bonds is 0. The van der Waals surface area contributed by atoms with E-state index in [1.54, 1.807) is 12.6 Å². The maximum atomic E-state index is 4.15. The van der Waals surface area contributed by atoms with Gasteiger partial charge in [0.05, 0.1) is 29.7 Å². The molecule has 5 nitrogen and oxygen atoms in total. The molecule has 0 saturated carbocycles. The number of nitrogens with one attached hydrogen (secondary N) is 1. The maximum Gasteiger partial charge on any atom is 0.115 e. The van der Waals surface area contributed by atoms with Crippen LogP contribution >= 0.6 is 0 Å². The second-order valence-electron chi connectivity index (χ2n) is 3.02. The molecule has 3 aliphatic rings. The Morgan fingerprint density at radius 3 is 3.23 bits per heavy atom. The van der Waals surface area contributed by atoms with E-state index in [2.05, 4.69) is 25.5 Å². The zero-order valence-electron chi connectivity index (χ0n) is 6.75. The minimum Gasteiger partial charge on any atom is -0.291 e. The highest BCUT2D eigenvalue weighted by molar-refractivity contribution is 6.13. The van der Waals surface area contributed by atoms with Crippen LogP contribution in [0.15, 0.2) is 32.0 Å². The first-order valence-electron chi connectivity index (χ1n) is 4.08. The monoisotopic (exact) mass is 173 g/mol. The summed E-state index contributed by atoms with van der Waals surface area (Å²) >= 11 is 0. The molecule has 0 aromatic rings. The van der Waals surface area contributed by atoms with Crippen LogP contribution in [0.5, 0.6) is 0 Å². The highest BCUT2D eigenvalue weighted by Gasteiger charge is 2.28. The van der Waals surface area contributed by atoms with Crippen molar-refractivity contribution < 1.29 is 0 Å². The van der Waals surface area contributed by atoms with Crippen LogP contribution in [-0.2, 0) is 0 Å². The Kier molecular flexibility index (Phi) is 1.28. The Morgan fingerprint density at radius 1 is 1.23 bits per heavy atom. The molecular formula is C8H7N5. The van der Waals surface area contributed by atoms with Gasteiger partial charge in [-0.2, -0.15) is 10.2 Å². The Morgan fingerprint density at radius 2 is 2.23 bits per heavy atom. The van der Waals surface area contributed by atoms with Crippen molar-refractivity contribution in [3.8, 4) is 0 Å². The van der Waals surface area contributed by atoms with Crippen molar-refractivity contribution in [3.63, 3.8) is 0 Å². The van der Waals surface area contributed by atoms with Crippen LogP contribution in [0, 0.1) is 0 Å². The molecule has 1 N–H and O–H groups in total. The standard InChI is InChI=1S/C8H7N5/c1-5-7(2-9-4-10-5)12-8-3-11-13-6(1)8/h1-4,7-8,12H. The Balaban J connectivity index is 2.04. The van der Waals surface area contributed by atoms with Crippen LogP contribution in [0.1, 0.15) is 0 Å². The minimum absolute atomic E-state index is 0.110. The number of nitrogens with zero attached hydrogens (tertiary/aromatic N) is 4. The Hall–Kier alpha value is -1.62. The lowest BCUT2D eigenvalue weighted by atomic mass is 10.0. The second kappa shape index (κ2) is 2.43. The van der Waals surface area contributed by atoms with Gasteiger partial charge in [-0.05, 0) is 6.08 Å². The summed E-state index contributed by atoms with van der Waals surface area (Å²) in [5, 5.41) is 11.1. The van der Waals surface area contributed by atoms with Crippen LogP contribution in [-0.4, -0.2) is 36.6 Å². The van der Waals surface area contributed by atoms with E-state index in [4.69, 9.17) is 0 Å². The fraction of sp³-hybridized carbons (Fsp3) is 0.250. The molecule has 0 spiro atoms. The molecule has 13 heavy (non-hydrogen) atoms. The fourth-order valence-electron chi connectivity index (χ4n) is 1.53. The number of aliphatic imine (C=N–C) groups is 2. The minimum atomic E-state index is 0.110. The zero-order chi connectivity index (χ0) is 8.67. The fourth-order valence-corrected chi connectivity index (χ4v) is 1.53. The van der Waals surface area contributed by atoms with Gasteiger partial charge in [0.25, 0.3) is 0 Å². The summed E-state index contributed by atoms with van der Waals surface area (Å²) in [5.41, 5.74) is 1.88. The normalized spacial score (nSPS) is 33.8. The van der Waals surface area contributed by atoms with Crippen molar-refractivity contribution in [2.24, 2.45) is 20.2 Å². The molecule has 3 rings (SSSR count). The summed E-state index contributed by atoms with van der Waals surface area (Å²) < 4.78 is 0. The van der Waals surface area contributed by atoms with E-state index >= 15 is 0 Å². The van der Waals surface area contributed by atoms with Crippen molar-refractivity contribution in [1.82, 2.24) is 5.32 Å². The lowest BCUT2D eigenvalue weighted by Gasteiger charge is -2.24. The lowest BCUT2D eigenvalue weighted by Crippen LogP contribution is -2.48. The van der Waals surface area contributed by atoms with Gasteiger partial charge in [0, 0.05) is 6.21 Å². The largest absolute Gasteiger partial charge is 0.291 e. The van der Waals surface area contributed by atoms with Gasteiger partial charge in [-0.3, -0.25) is 5.32 Å². The van der Waals surface area contributed by atoms with Crippen LogP contribution in [0.4, 0.5) is 0 Å². The molecule has 0 amide bonds. The van der Waals surface area contributed by atoms with Crippen LogP contribution < -0.4 is 5.32 Å². The maximum absolute atomic E-state index is 4.15. The Labute approximate surface area is 74.7 Å². The highest BCUT2D eigenvalue weighted by atomic mass is 15.3. The van der Waals surface area contributed by atoms with Crippen LogP contribution in [0.2, 0.25) is 0 Å². The SMILES string of the molecule is C1=NC=NC2=CC3=NN=CC3NC12. The van der Waals surface area contributed by atoms with Gasteiger partial charge in [-0.1, -0.05) is 0 Å². The molecule has 0 saturated heterocycles. The quantitative estimate of drug-likeness (QED) is 0.540. The van der Waals surface area contributed by atoms with E-state index < -0.39 is 0 Å². The van der Waals surface area contributed by atoms with Gasteiger partial charge in [-0.25, -0.2) is 9.98 Å². The van der Waals surface area contributed by atoms with Gasteiger partial charge in [0.15, 0.2) is 0 Å². The van der Waals surface area contributed by atoms with Gasteiger partial charge in [0.1, 0.15) is 6.34 Å². The van der Waals surface area contributed by atoms with Gasteiger partial charge >= 0.3 is 0 Å². The van der Waals surface area contributed by atoms with E-state index in [1.807, 2.05) is 12.3 Å². The smallest absolute Gasteiger partial charge is 0.115 e. The number of hydrogen-bond donors (Lipinski definition) is 1. The van der Waals surface area contributed by atoms with Crippen molar-refractivity contribution in [2.45, 2.75) is 12.1 Å². The summed E-state index contributed by atoms with van der Waals surface area (Å²) in [7, 11) is 0. The summed E-state index contributed by atoms with van der Waals surface area (Å²) in [6, 6.07) is 0.243. The van der Waals surface area contributed by atoms with Gasteiger partial charge < -0.3 is 0 Å². The molecule has 5 heteroatoms. The van der Waals surface area contributed by atoms with Gasteiger partial charge in [0.2, 0.25) is 0 Å². The van der Waals surface area contributed by atoms with E-state index in [9.17, 15) is 0 Å². The topological polar surface area (TPSA) is 61.5 Å². The summed E-state index contributed by atoms with van der Waals surface area (Å²) in [5.74, 6) is 0. The molecule has 0 aromatic carbocycles. The van der Waals surface area contributed by atoms with Crippen molar-refractivity contribution in [1.29, 1.82) is 0 Å². The van der Waals surface area contributed by atoms with E-state index in [0.29, 0.717) is 0 Å². The molecule has 0 aromatic heterocycles. The second-order valence-corrected chi connectivity index (χ2v) is 3.02. The van der Waals surface area contributed by atoms with Crippen LogP contribution in [0.3, 0.4) is 0 Å². The summed E-state index contributed by atoms with van der Waals surface area (Å²) in [4.78, 5) is 8.12. The first-order valence-corrected chi connectivity index (χ1v) is 4.08. The Bertz CT molecular complexity index is 387. The van der Waals surface area contributed by atoms with E-state index in [1.165, 1.54) is 0 Å². The molecule has 3 aliphatic heterocycles. The molecule has 3 heterocycles. The first kappa shape index (κ1) is 6.85. The van der Waals surface area contributed by atoms with E-state index in [-0.39, 0.29) is 12.1 Å². The highest BCUT2D eigenvalue weighted by Crippen LogP contribution is 2.15. The molecule has 2 unspecified atom stereocenters. The zero-order valence-corrected chi connectivity index (χ0v) is 6.75. The van der Waals surface area contributed by atoms with E-state index in [0.717, 1.165) is 11.4 Å². The first-order chi connectivity index (χ1) is 6.43. The molecule has 2 atom stereocenters. The number of hydrogen-bond acceptors (Lipinski definition) is 5. The average molecular weight is 173 g/mol. The third-order valence-electron chi connectivity index (χ3n) is 2.19. The average Bonchev–Trinajstić information content (AvgIpc) is 2.61.